The molecule has 11 heteroatoms. The average Bonchev–Trinajstić information content (AvgIpc) is 2.55. The Balaban J connectivity index is 0.00000338. The number of carbonyl (C=O) groups is 2. The van der Waals surface area contributed by atoms with E-state index in [0.717, 1.165) is 0 Å². The summed E-state index contributed by atoms with van der Waals surface area (Å²) in [4.78, 5) is 27.0. The average molecular weight is 382 g/mol. The van der Waals surface area contributed by atoms with E-state index in [0.29, 0.717) is 0 Å². The number of hydrogen-bond donors (Lipinski definition) is 6. The van der Waals surface area contributed by atoms with Gasteiger partial charge in [-0.15, -0.1) is 12.4 Å². The standard InChI is InChI=1S/C15H16BN3O6.ClH/c17-10-4-9(6-18-7-10)14(21)19-12(16(24)25)5-8-2-1-3-11(13(8)20)15(22)23;/h1-4,6-7,12,20,24-25H,5,17H2,(H,19,21)(H,22,23);1H/t12-;/m0./s1. The van der Waals surface area contributed by atoms with Crippen LogP contribution in [0, 0.1) is 0 Å². The number of nitrogens with one attached hydrogen (secondary N) is 1. The zero-order chi connectivity index (χ0) is 18.6. The minimum atomic E-state index is -1.94. The number of halogens is 1. The fraction of sp³-hybridized carbons (Fsp3) is 0.133. The first-order chi connectivity index (χ1) is 11.8. The number of amides is 1. The van der Waals surface area contributed by atoms with Gasteiger partial charge in [0.25, 0.3) is 5.91 Å². The van der Waals surface area contributed by atoms with Gasteiger partial charge >= 0.3 is 13.1 Å². The molecule has 1 aromatic carbocycles. The summed E-state index contributed by atoms with van der Waals surface area (Å²) in [5.41, 5.74) is 5.75. The van der Waals surface area contributed by atoms with E-state index in [2.05, 4.69) is 10.3 Å². The van der Waals surface area contributed by atoms with Crippen molar-refractivity contribution in [1.29, 1.82) is 0 Å². The van der Waals surface area contributed by atoms with Crippen LogP contribution in [0.25, 0.3) is 0 Å². The van der Waals surface area contributed by atoms with Crippen LogP contribution in [0.2, 0.25) is 0 Å². The minimum Gasteiger partial charge on any atom is -0.507 e. The second-order valence-electron chi connectivity index (χ2n) is 5.32. The molecule has 0 radical (unpaired) electrons. The molecule has 1 amide bonds. The maximum Gasteiger partial charge on any atom is 0.475 e. The second-order valence-corrected chi connectivity index (χ2v) is 5.32. The molecule has 1 heterocycles. The van der Waals surface area contributed by atoms with Crippen LogP contribution in [0.3, 0.4) is 0 Å². The van der Waals surface area contributed by atoms with Crippen molar-refractivity contribution in [1.82, 2.24) is 10.3 Å². The number of carboxylic acid groups (broad SMARTS) is 1. The molecular weight excluding hydrogens is 364 g/mol. The lowest BCUT2D eigenvalue weighted by Gasteiger charge is -2.19. The number of aromatic nitrogens is 1. The Kier molecular flexibility index (Phi) is 7.38. The number of hydrogen-bond acceptors (Lipinski definition) is 7. The molecule has 0 aliphatic rings. The number of rotatable bonds is 6. The molecule has 0 spiro atoms. The van der Waals surface area contributed by atoms with Gasteiger partial charge in [-0.05, 0) is 24.1 Å². The quantitative estimate of drug-likeness (QED) is 0.375. The van der Waals surface area contributed by atoms with Gasteiger partial charge in [0.1, 0.15) is 11.3 Å². The fourth-order valence-electron chi connectivity index (χ4n) is 2.23. The van der Waals surface area contributed by atoms with Crippen LogP contribution in [-0.2, 0) is 6.42 Å². The summed E-state index contributed by atoms with van der Waals surface area (Å²) < 4.78 is 0. The van der Waals surface area contributed by atoms with Gasteiger partial charge in [-0.1, -0.05) is 12.1 Å². The molecule has 138 valence electrons. The Morgan fingerprint density at radius 2 is 1.96 bits per heavy atom. The maximum atomic E-state index is 12.2. The number of aromatic hydroxyl groups is 1. The highest BCUT2D eigenvalue weighted by molar-refractivity contribution is 6.43. The van der Waals surface area contributed by atoms with Crippen molar-refractivity contribution in [3.63, 3.8) is 0 Å². The lowest BCUT2D eigenvalue weighted by molar-refractivity contribution is 0.0693. The van der Waals surface area contributed by atoms with Crippen LogP contribution >= 0.6 is 12.4 Å². The van der Waals surface area contributed by atoms with Gasteiger partial charge in [0.15, 0.2) is 0 Å². The number of carboxylic acids is 1. The minimum absolute atomic E-state index is 0. The first-order valence-corrected chi connectivity index (χ1v) is 7.21. The Morgan fingerprint density at radius 1 is 1.27 bits per heavy atom. The smallest absolute Gasteiger partial charge is 0.475 e. The topological polar surface area (TPSA) is 166 Å². The van der Waals surface area contributed by atoms with Gasteiger partial charge in [-0.25, -0.2) is 4.79 Å². The van der Waals surface area contributed by atoms with Crippen LogP contribution in [0.1, 0.15) is 26.3 Å². The van der Waals surface area contributed by atoms with Crippen molar-refractivity contribution in [3.05, 3.63) is 53.3 Å². The van der Waals surface area contributed by atoms with Crippen molar-refractivity contribution in [2.24, 2.45) is 0 Å². The Bertz CT molecular complexity index is 805. The first-order valence-electron chi connectivity index (χ1n) is 7.21. The van der Waals surface area contributed by atoms with E-state index in [4.69, 9.17) is 10.8 Å². The number of benzene rings is 1. The predicted octanol–water partition coefficient (Wildman–Crippen LogP) is -0.158. The number of anilines is 1. The highest BCUT2D eigenvalue weighted by Crippen LogP contribution is 2.24. The van der Waals surface area contributed by atoms with Crippen molar-refractivity contribution < 1.29 is 29.9 Å². The SMILES string of the molecule is Cl.Nc1cncc(C(=O)N[C@@H](Cc2cccc(C(=O)O)c2O)B(O)O)c1. The molecule has 2 aromatic rings. The number of para-hydroxylation sites is 1. The molecule has 0 saturated heterocycles. The largest absolute Gasteiger partial charge is 0.507 e. The summed E-state index contributed by atoms with van der Waals surface area (Å²) in [6.07, 6.45) is 2.41. The first kappa shape index (κ1) is 21.2. The summed E-state index contributed by atoms with van der Waals surface area (Å²) in [7, 11) is -1.94. The summed E-state index contributed by atoms with van der Waals surface area (Å²) in [5.74, 6) is -3.66. The summed E-state index contributed by atoms with van der Waals surface area (Å²) in [5, 5.41) is 40.4. The molecule has 0 aliphatic carbocycles. The van der Waals surface area contributed by atoms with Gasteiger partial charge in [-0.3, -0.25) is 9.78 Å². The zero-order valence-corrected chi connectivity index (χ0v) is 14.2. The lowest BCUT2D eigenvalue weighted by atomic mass is 9.75. The third-order valence-electron chi connectivity index (χ3n) is 3.49. The van der Waals surface area contributed by atoms with E-state index in [1.165, 1.54) is 36.7 Å². The molecule has 0 bridgehead atoms. The molecule has 2 rings (SSSR count). The summed E-state index contributed by atoms with van der Waals surface area (Å²) in [6, 6.07) is 5.41. The van der Waals surface area contributed by atoms with E-state index >= 15 is 0 Å². The van der Waals surface area contributed by atoms with E-state index in [9.17, 15) is 24.7 Å². The zero-order valence-electron chi connectivity index (χ0n) is 13.4. The van der Waals surface area contributed by atoms with E-state index in [-0.39, 0.29) is 41.2 Å². The molecule has 0 aliphatic heterocycles. The molecule has 1 aromatic heterocycles. The third kappa shape index (κ3) is 5.09. The number of phenols is 1. The number of pyridine rings is 1. The molecule has 7 N–H and O–H groups in total. The second kappa shape index (κ2) is 9.04. The summed E-state index contributed by atoms with van der Waals surface area (Å²) >= 11 is 0. The van der Waals surface area contributed by atoms with Gasteiger partial charge in [0.2, 0.25) is 0 Å². The number of nitrogens with zero attached hydrogens (tertiary/aromatic N) is 1. The molecule has 9 nitrogen and oxygen atoms in total. The highest BCUT2D eigenvalue weighted by atomic mass is 35.5. The van der Waals surface area contributed by atoms with Crippen LogP contribution in [0.15, 0.2) is 36.7 Å². The van der Waals surface area contributed by atoms with Gasteiger partial charge in [0.05, 0.1) is 17.2 Å². The van der Waals surface area contributed by atoms with E-state index in [1.54, 1.807) is 0 Å². The van der Waals surface area contributed by atoms with Crippen molar-refractivity contribution in [2.75, 3.05) is 5.73 Å². The van der Waals surface area contributed by atoms with Gasteiger partial charge in [-0.2, -0.15) is 0 Å². The molecule has 0 fully saturated rings. The molecular formula is C15H17BClN3O6. The van der Waals surface area contributed by atoms with Gasteiger partial charge in [0, 0.05) is 12.4 Å². The fourth-order valence-corrected chi connectivity index (χ4v) is 2.23. The Hall–Kier alpha value is -2.82. The molecule has 0 saturated carbocycles. The van der Waals surface area contributed by atoms with Crippen molar-refractivity contribution >= 4 is 37.1 Å². The third-order valence-corrected chi connectivity index (χ3v) is 3.49. The normalized spacial score (nSPS) is 11.2. The number of carbonyl (C=O) groups excluding carboxylic acids is 1. The monoisotopic (exact) mass is 381 g/mol. The van der Waals surface area contributed by atoms with Gasteiger partial charge < -0.3 is 31.3 Å². The van der Waals surface area contributed by atoms with E-state index < -0.39 is 30.7 Å². The maximum absolute atomic E-state index is 12.2. The molecule has 26 heavy (non-hydrogen) atoms. The Morgan fingerprint density at radius 3 is 2.54 bits per heavy atom. The van der Waals surface area contributed by atoms with Crippen LogP contribution in [0.5, 0.6) is 5.75 Å². The predicted molar refractivity (Wildman–Crippen MR) is 96.1 cm³/mol. The van der Waals surface area contributed by atoms with E-state index in [1.807, 2.05) is 0 Å². The van der Waals surface area contributed by atoms with Crippen LogP contribution in [-0.4, -0.2) is 50.2 Å². The summed E-state index contributed by atoms with van der Waals surface area (Å²) in [6.45, 7) is 0. The molecule has 1 atom stereocenters. The van der Waals surface area contributed by atoms with Crippen LogP contribution < -0.4 is 11.1 Å². The van der Waals surface area contributed by atoms with Crippen molar-refractivity contribution in [3.8, 4) is 5.75 Å². The lowest BCUT2D eigenvalue weighted by Crippen LogP contribution is -2.48. The number of nitrogens with two attached hydrogens (primary N) is 1. The van der Waals surface area contributed by atoms with Crippen LogP contribution in [0.4, 0.5) is 5.69 Å². The van der Waals surface area contributed by atoms with Crippen molar-refractivity contribution in [2.45, 2.75) is 12.4 Å². The molecule has 0 unspecified atom stereocenters. The Labute approximate surface area is 155 Å². The highest BCUT2D eigenvalue weighted by Gasteiger charge is 2.28. The number of aromatic carboxylic acids is 1. The number of nitrogen functional groups attached to an aromatic ring is 1.